The van der Waals surface area contributed by atoms with Crippen LogP contribution in [0.4, 0.5) is 0 Å². The Kier molecular flexibility index (Phi) is 37.9. The molecule has 6 nitrogen and oxygen atoms in total. The number of allylic oxidation sites excluding steroid dienone is 9. The molecule has 3 N–H and O–H groups in total. The summed E-state index contributed by atoms with van der Waals surface area (Å²) in [6.07, 6.45) is 47.3. The van der Waals surface area contributed by atoms with Gasteiger partial charge in [-0.3, -0.25) is 9.59 Å². The van der Waals surface area contributed by atoms with Crippen molar-refractivity contribution < 1.29 is 24.5 Å². The van der Waals surface area contributed by atoms with Crippen LogP contribution >= 0.6 is 0 Å². The van der Waals surface area contributed by atoms with Crippen LogP contribution in [0.15, 0.2) is 60.8 Å². The average molecular weight is 728 g/mol. The van der Waals surface area contributed by atoms with E-state index in [-0.39, 0.29) is 24.9 Å². The lowest BCUT2D eigenvalue weighted by Gasteiger charge is -2.24. The Morgan fingerprint density at radius 3 is 1.46 bits per heavy atom. The number of aliphatic hydroxyl groups is 2. The predicted octanol–water partition coefficient (Wildman–Crippen LogP) is 12.1. The second-order valence-corrected chi connectivity index (χ2v) is 14.5. The standard InChI is InChI=1S/C46H81NO5/c1-4-7-10-13-16-19-21-22-24-27-30-33-36-39-46(51)52-42(37-34-31-28-26-23-20-17-14-11-8-5-2)40-45(50)47-43(41-48)44(49)38-35-32-29-25-18-15-12-9-6-3/h8,11,14,17,20,23,26,28,31,34,42-44,48-49H,4-7,9-10,12-13,15-16,18-19,21-22,24-25,27,29-30,32-33,35-41H2,1-3H3,(H,47,50)/b11-8+,17-14+,23-20-,28-26-,34-31+. The highest BCUT2D eigenvalue weighted by Gasteiger charge is 2.23. The van der Waals surface area contributed by atoms with Crippen molar-refractivity contribution in [2.75, 3.05) is 6.61 Å². The van der Waals surface area contributed by atoms with Crippen LogP contribution in [0.1, 0.15) is 194 Å². The first-order valence-electron chi connectivity index (χ1n) is 21.6. The molecule has 0 heterocycles. The fraction of sp³-hybridized carbons (Fsp3) is 0.739. The molecule has 0 spiro atoms. The van der Waals surface area contributed by atoms with Crippen LogP contribution in [-0.4, -0.2) is 46.9 Å². The second kappa shape index (κ2) is 39.8. The molecule has 300 valence electrons. The third-order valence-corrected chi connectivity index (χ3v) is 9.49. The molecule has 1 amide bonds. The Balaban J connectivity index is 4.75. The lowest BCUT2D eigenvalue weighted by molar-refractivity contribution is -0.150. The van der Waals surface area contributed by atoms with Crippen molar-refractivity contribution in [2.24, 2.45) is 0 Å². The fourth-order valence-corrected chi connectivity index (χ4v) is 6.21. The number of carbonyl (C=O) groups excluding carboxylic acids is 2. The van der Waals surface area contributed by atoms with Crippen molar-refractivity contribution in [3.63, 3.8) is 0 Å². The molecular formula is C46H81NO5. The van der Waals surface area contributed by atoms with Gasteiger partial charge in [-0.25, -0.2) is 0 Å². The minimum atomic E-state index is -0.814. The summed E-state index contributed by atoms with van der Waals surface area (Å²) in [5, 5.41) is 23.5. The molecule has 0 aliphatic heterocycles. The highest BCUT2D eigenvalue weighted by Crippen LogP contribution is 2.16. The first kappa shape index (κ1) is 49.6. The Morgan fingerprint density at radius 1 is 0.577 bits per heavy atom. The minimum absolute atomic E-state index is 0.0182. The zero-order chi connectivity index (χ0) is 38.2. The summed E-state index contributed by atoms with van der Waals surface area (Å²) in [4.78, 5) is 25.8. The molecule has 0 aliphatic carbocycles. The van der Waals surface area contributed by atoms with E-state index in [0.29, 0.717) is 19.3 Å². The summed E-state index contributed by atoms with van der Waals surface area (Å²) in [5.41, 5.74) is 0. The molecule has 0 aromatic rings. The summed E-state index contributed by atoms with van der Waals surface area (Å²) in [6.45, 7) is 6.25. The Bertz CT molecular complexity index is 952. The maximum atomic E-state index is 13.0. The van der Waals surface area contributed by atoms with Gasteiger partial charge in [0.05, 0.1) is 25.2 Å². The number of rotatable bonds is 37. The van der Waals surface area contributed by atoms with Gasteiger partial charge in [-0.15, -0.1) is 0 Å². The van der Waals surface area contributed by atoms with E-state index in [4.69, 9.17) is 4.74 Å². The van der Waals surface area contributed by atoms with Gasteiger partial charge >= 0.3 is 5.97 Å². The molecule has 6 heteroatoms. The molecule has 0 saturated heterocycles. The predicted molar refractivity (Wildman–Crippen MR) is 222 cm³/mol. The van der Waals surface area contributed by atoms with Crippen LogP contribution in [0, 0.1) is 0 Å². The van der Waals surface area contributed by atoms with Gasteiger partial charge in [-0.1, -0.05) is 216 Å². The van der Waals surface area contributed by atoms with E-state index in [9.17, 15) is 19.8 Å². The van der Waals surface area contributed by atoms with E-state index < -0.39 is 18.2 Å². The zero-order valence-corrected chi connectivity index (χ0v) is 33.9. The van der Waals surface area contributed by atoms with Crippen LogP contribution in [0.2, 0.25) is 0 Å². The van der Waals surface area contributed by atoms with Gasteiger partial charge in [0.1, 0.15) is 6.10 Å². The van der Waals surface area contributed by atoms with Crippen molar-refractivity contribution in [2.45, 2.75) is 212 Å². The fourth-order valence-electron chi connectivity index (χ4n) is 6.21. The van der Waals surface area contributed by atoms with Gasteiger partial charge in [-0.2, -0.15) is 0 Å². The second-order valence-electron chi connectivity index (χ2n) is 14.5. The normalized spacial score (nSPS) is 14.0. The SMILES string of the molecule is CC/C=C/C=C/C=C\C=C/C=C/CC(CC(=O)NC(CO)C(O)CCCCCCCCCCC)OC(=O)CCCCCCCCCCCCCCC. The zero-order valence-electron chi connectivity index (χ0n) is 33.9. The topological polar surface area (TPSA) is 95.9 Å². The average Bonchev–Trinajstić information content (AvgIpc) is 3.13. The number of unbranched alkanes of at least 4 members (excludes halogenated alkanes) is 20. The number of carbonyl (C=O) groups is 2. The van der Waals surface area contributed by atoms with Crippen molar-refractivity contribution in [3.8, 4) is 0 Å². The smallest absolute Gasteiger partial charge is 0.306 e. The first-order chi connectivity index (χ1) is 25.5. The molecule has 0 aromatic heterocycles. The quantitative estimate of drug-likeness (QED) is 0.0336. The van der Waals surface area contributed by atoms with Crippen molar-refractivity contribution in [1.29, 1.82) is 0 Å². The molecule has 3 unspecified atom stereocenters. The number of hydrogen-bond acceptors (Lipinski definition) is 5. The van der Waals surface area contributed by atoms with Crippen LogP contribution in [0.3, 0.4) is 0 Å². The molecule has 0 rings (SSSR count). The van der Waals surface area contributed by atoms with Gasteiger partial charge in [-0.05, 0) is 19.3 Å². The van der Waals surface area contributed by atoms with Crippen molar-refractivity contribution in [3.05, 3.63) is 60.8 Å². The van der Waals surface area contributed by atoms with Crippen LogP contribution in [0.25, 0.3) is 0 Å². The first-order valence-corrected chi connectivity index (χ1v) is 21.6. The molecule has 0 aliphatic rings. The lowest BCUT2D eigenvalue weighted by Crippen LogP contribution is -2.46. The van der Waals surface area contributed by atoms with E-state index in [1.165, 1.54) is 103 Å². The molecule has 0 bridgehead atoms. The Labute approximate surface area is 320 Å². The molecule has 0 radical (unpaired) electrons. The van der Waals surface area contributed by atoms with Crippen molar-refractivity contribution in [1.82, 2.24) is 5.32 Å². The molecular weight excluding hydrogens is 647 g/mol. The number of nitrogens with one attached hydrogen (secondary N) is 1. The largest absolute Gasteiger partial charge is 0.461 e. The number of aliphatic hydroxyl groups excluding tert-OH is 2. The third-order valence-electron chi connectivity index (χ3n) is 9.49. The molecule has 0 saturated carbocycles. The minimum Gasteiger partial charge on any atom is -0.461 e. The van der Waals surface area contributed by atoms with E-state index in [0.717, 1.165) is 44.9 Å². The summed E-state index contributed by atoms with van der Waals surface area (Å²) >= 11 is 0. The molecule has 3 atom stereocenters. The molecule has 52 heavy (non-hydrogen) atoms. The maximum Gasteiger partial charge on any atom is 0.306 e. The Hall–Kier alpha value is -2.44. The van der Waals surface area contributed by atoms with E-state index >= 15 is 0 Å². The summed E-state index contributed by atoms with van der Waals surface area (Å²) in [7, 11) is 0. The van der Waals surface area contributed by atoms with Crippen molar-refractivity contribution >= 4 is 11.9 Å². The van der Waals surface area contributed by atoms with E-state index in [1.807, 2.05) is 54.7 Å². The van der Waals surface area contributed by atoms with Gasteiger partial charge in [0.2, 0.25) is 5.91 Å². The summed E-state index contributed by atoms with van der Waals surface area (Å²) < 4.78 is 5.80. The molecule has 0 fully saturated rings. The maximum absolute atomic E-state index is 13.0. The van der Waals surface area contributed by atoms with E-state index in [1.54, 1.807) is 0 Å². The third kappa shape index (κ3) is 34.6. The van der Waals surface area contributed by atoms with Crippen LogP contribution < -0.4 is 5.32 Å². The summed E-state index contributed by atoms with van der Waals surface area (Å²) in [5.74, 6) is -0.611. The highest BCUT2D eigenvalue weighted by atomic mass is 16.5. The molecule has 0 aromatic carbocycles. The van der Waals surface area contributed by atoms with Crippen LogP contribution in [-0.2, 0) is 14.3 Å². The van der Waals surface area contributed by atoms with Gasteiger partial charge in [0, 0.05) is 12.8 Å². The van der Waals surface area contributed by atoms with E-state index in [2.05, 4.69) is 32.2 Å². The lowest BCUT2D eigenvalue weighted by atomic mass is 10.0. The van der Waals surface area contributed by atoms with Gasteiger partial charge < -0.3 is 20.3 Å². The number of esters is 1. The summed E-state index contributed by atoms with van der Waals surface area (Å²) in [6, 6.07) is -0.736. The number of amides is 1. The number of ether oxygens (including phenoxy) is 1. The monoisotopic (exact) mass is 728 g/mol. The highest BCUT2D eigenvalue weighted by molar-refractivity contribution is 5.77. The van der Waals surface area contributed by atoms with Gasteiger partial charge in [0.25, 0.3) is 0 Å². The Morgan fingerprint density at radius 2 is 1.00 bits per heavy atom. The van der Waals surface area contributed by atoms with Gasteiger partial charge in [0.15, 0.2) is 0 Å². The van der Waals surface area contributed by atoms with Crippen LogP contribution in [0.5, 0.6) is 0 Å². The number of hydrogen-bond donors (Lipinski definition) is 3.